The SMILES string of the molecule is COc1cc[c]([Pd][Cl])cc1. The molecule has 10 heavy (non-hydrogen) atoms. The maximum atomic E-state index is 5.63. The molecule has 1 rings (SSSR count). The van der Waals surface area contributed by atoms with Gasteiger partial charge in [-0.05, 0) is 0 Å². The van der Waals surface area contributed by atoms with E-state index in [0.29, 0.717) is 0 Å². The number of rotatable bonds is 2. The Bertz CT molecular complexity index is 174. The van der Waals surface area contributed by atoms with Crippen LogP contribution >= 0.6 is 9.53 Å². The van der Waals surface area contributed by atoms with E-state index < -0.39 is 0 Å². The zero-order chi connectivity index (χ0) is 7.40. The van der Waals surface area contributed by atoms with Crippen molar-refractivity contribution in [3.8, 4) is 5.75 Å². The third-order valence-electron chi connectivity index (χ3n) is 1.10. The molecule has 0 aliphatic carbocycles. The number of hydrogen-bond donors (Lipinski definition) is 0. The average molecular weight is 249 g/mol. The average Bonchev–Trinajstić information content (AvgIpc) is 2.05. The van der Waals surface area contributed by atoms with Crippen molar-refractivity contribution < 1.29 is 21.7 Å². The van der Waals surface area contributed by atoms with Gasteiger partial charge in [-0.15, -0.1) is 0 Å². The van der Waals surface area contributed by atoms with Crippen molar-refractivity contribution in [2.45, 2.75) is 0 Å². The van der Waals surface area contributed by atoms with Crippen LogP contribution in [0.1, 0.15) is 0 Å². The van der Waals surface area contributed by atoms with Gasteiger partial charge in [0.1, 0.15) is 0 Å². The van der Waals surface area contributed by atoms with Gasteiger partial charge in [-0.1, -0.05) is 0 Å². The first-order valence-corrected chi connectivity index (χ1v) is 5.49. The number of methoxy groups -OCH3 is 1. The van der Waals surface area contributed by atoms with Crippen molar-refractivity contribution in [1.29, 1.82) is 0 Å². The van der Waals surface area contributed by atoms with Crippen LogP contribution in [0, 0.1) is 0 Å². The summed E-state index contributed by atoms with van der Waals surface area (Å²) in [7, 11) is 7.28. The van der Waals surface area contributed by atoms with Gasteiger partial charge >= 0.3 is 72.4 Å². The third kappa shape index (κ3) is 1.99. The van der Waals surface area contributed by atoms with Gasteiger partial charge in [-0.25, -0.2) is 0 Å². The number of ether oxygens (including phenoxy) is 1. The molecule has 0 fully saturated rings. The van der Waals surface area contributed by atoms with Crippen molar-refractivity contribution in [3.63, 3.8) is 0 Å². The molecule has 1 aromatic carbocycles. The number of hydrogen-bond acceptors (Lipinski definition) is 1. The van der Waals surface area contributed by atoms with Crippen LogP contribution in [0.3, 0.4) is 0 Å². The summed E-state index contributed by atoms with van der Waals surface area (Å²) in [4.78, 5) is 0. The molecular formula is C7H7ClOPd. The summed E-state index contributed by atoms with van der Waals surface area (Å²) in [6.45, 7) is 0. The minimum atomic E-state index is 0.172. The van der Waals surface area contributed by atoms with Gasteiger partial charge in [0.2, 0.25) is 0 Å². The summed E-state index contributed by atoms with van der Waals surface area (Å²) < 4.78 is 6.14. The van der Waals surface area contributed by atoms with Crippen LogP contribution in [0.2, 0.25) is 0 Å². The molecule has 0 N–H and O–H groups in total. The quantitative estimate of drug-likeness (QED) is 0.722. The first-order valence-electron chi connectivity index (χ1n) is 2.71. The molecule has 0 aliphatic rings. The molecule has 0 saturated carbocycles. The Morgan fingerprint density at radius 2 is 1.90 bits per heavy atom. The Morgan fingerprint density at radius 1 is 1.30 bits per heavy atom. The van der Waals surface area contributed by atoms with Gasteiger partial charge in [0, 0.05) is 0 Å². The molecule has 0 heterocycles. The van der Waals surface area contributed by atoms with Crippen LogP contribution in [-0.2, 0) is 17.0 Å². The number of benzene rings is 1. The molecule has 1 aromatic rings. The second kappa shape index (κ2) is 3.98. The third-order valence-corrected chi connectivity index (χ3v) is 2.77. The second-order valence-corrected chi connectivity index (χ2v) is 3.58. The fourth-order valence-electron chi connectivity index (χ4n) is 0.600. The van der Waals surface area contributed by atoms with Crippen molar-refractivity contribution >= 4 is 13.6 Å². The Balaban J connectivity index is 2.80. The van der Waals surface area contributed by atoms with E-state index in [1.165, 1.54) is 0 Å². The zero-order valence-electron chi connectivity index (χ0n) is 5.41. The minimum absolute atomic E-state index is 0.172. The van der Waals surface area contributed by atoms with E-state index in [4.69, 9.17) is 14.3 Å². The standard InChI is InChI=1S/C7H7O.ClH.Pd/c1-8-7-5-3-2-4-6-7;;/h3-6H,1H3;1H;/q;;+1/p-1. The van der Waals surface area contributed by atoms with Crippen LogP contribution in [0.15, 0.2) is 24.3 Å². The molecule has 0 aromatic heterocycles. The Morgan fingerprint density at radius 3 is 2.30 bits per heavy atom. The molecule has 0 spiro atoms. The van der Waals surface area contributed by atoms with Gasteiger partial charge in [-0.2, -0.15) is 0 Å². The van der Waals surface area contributed by atoms with Crippen molar-refractivity contribution in [2.24, 2.45) is 0 Å². The summed E-state index contributed by atoms with van der Waals surface area (Å²) in [6, 6.07) is 7.77. The van der Waals surface area contributed by atoms with E-state index in [1.807, 2.05) is 24.3 Å². The predicted octanol–water partition coefficient (Wildman–Crippen LogP) is 1.56. The van der Waals surface area contributed by atoms with Gasteiger partial charge in [0.15, 0.2) is 0 Å². The fraction of sp³-hybridized carbons (Fsp3) is 0.143. The van der Waals surface area contributed by atoms with Crippen LogP contribution in [0.25, 0.3) is 0 Å². The molecule has 0 aliphatic heterocycles. The van der Waals surface area contributed by atoms with Gasteiger partial charge in [0.25, 0.3) is 0 Å². The fourth-order valence-corrected chi connectivity index (χ4v) is 1.53. The van der Waals surface area contributed by atoms with Gasteiger partial charge in [-0.3, -0.25) is 0 Å². The topological polar surface area (TPSA) is 9.23 Å². The predicted molar refractivity (Wildman–Crippen MR) is 38.5 cm³/mol. The Kier molecular flexibility index (Phi) is 3.21. The summed E-state index contributed by atoms with van der Waals surface area (Å²) >= 11 is 0.172. The summed E-state index contributed by atoms with van der Waals surface area (Å²) in [5, 5.41) is 0. The number of halogens is 1. The van der Waals surface area contributed by atoms with E-state index >= 15 is 0 Å². The Labute approximate surface area is 72.5 Å². The van der Waals surface area contributed by atoms with Crippen LogP contribution < -0.4 is 8.77 Å². The zero-order valence-corrected chi connectivity index (χ0v) is 7.72. The van der Waals surface area contributed by atoms with Crippen molar-refractivity contribution in [2.75, 3.05) is 7.11 Å². The molecule has 0 atom stereocenters. The van der Waals surface area contributed by atoms with E-state index in [0.717, 1.165) is 9.79 Å². The first-order chi connectivity index (χ1) is 4.86. The summed E-state index contributed by atoms with van der Waals surface area (Å²) in [5.41, 5.74) is 0. The van der Waals surface area contributed by atoms with E-state index in [9.17, 15) is 0 Å². The van der Waals surface area contributed by atoms with Gasteiger partial charge < -0.3 is 0 Å². The molecule has 0 unspecified atom stereocenters. The van der Waals surface area contributed by atoms with Crippen molar-refractivity contribution in [3.05, 3.63) is 24.3 Å². The maximum absolute atomic E-state index is 5.63. The molecule has 1 nitrogen and oxygen atoms in total. The molecule has 3 heteroatoms. The van der Waals surface area contributed by atoms with Crippen molar-refractivity contribution in [1.82, 2.24) is 0 Å². The Hall–Kier alpha value is -0.0277. The molecule has 0 bridgehead atoms. The molecular weight excluding hydrogens is 242 g/mol. The van der Waals surface area contributed by atoms with E-state index in [-0.39, 0.29) is 17.0 Å². The normalized spacial score (nSPS) is 9.80. The molecule has 58 valence electrons. The first kappa shape index (κ1) is 8.07. The van der Waals surface area contributed by atoms with Crippen LogP contribution in [0.5, 0.6) is 5.75 Å². The van der Waals surface area contributed by atoms with E-state index in [2.05, 4.69) is 0 Å². The van der Waals surface area contributed by atoms with Crippen LogP contribution in [-0.4, -0.2) is 7.11 Å². The molecule has 0 saturated heterocycles. The summed E-state index contributed by atoms with van der Waals surface area (Å²) in [6.07, 6.45) is 0. The molecule has 0 amide bonds. The van der Waals surface area contributed by atoms with E-state index in [1.54, 1.807) is 7.11 Å². The summed E-state index contributed by atoms with van der Waals surface area (Å²) in [5.74, 6) is 0.877. The van der Waals surface area contributed by atoms with Gasteiger partial charge in [0.05, 0.1) is 0 Å². The van der Waals surface area contributed by atoms with Crippen LogP contribution in [0.4, 0.5) is 0 Å². The monoisotopic (exact) mass is 248 g/mol. The second-order valence-electron chi connectivity index (χ2n) is 1.68. The molecule has 0 radical (unpaired) electrons.